The van der Waals surface area contributed by atoms with Crippen molar-refractivity contribution in [3.8, 4) is 0 Å². The van der Waals surface area contributed by atoms with Gasteiger partial charge in [-0.1, -0.05) is 194 Å². The summed E-state index contributed by atoms with van der Waals surface area (Å²) in [5.41, 5.74) is 0. The molecule has 312 valence electrons. The third-order valence-corrected chi connectivity index (χ3v) is 10.7. The average Bonchev–Trinajstić information content (AvgIpc) is 3.07. The Morgan fingerprint density at radius 3 is 1.13 bits per heavy atom. The van der Waals surface area contributed by atoms with E-state index in [-0.39, 0.29) is 62.6 Å². The smallest absolute Gasteiger partial charge is 0.862 e. The molecule has 0 radical (unpaired) electrons. The predicted octanol–water partition coefficient (Wildman–Crippen LogP) is 9.42. The van der Waals surface area contributed by atoms with Crippen molar-refractivity contribution in [1.29, 1.82) is 0 Å². The summed E-state index contributed by atoms with van der Waals surface area (Å²) in [6.45, 7) is 4.29. The molecule has 10 nitrogen and oxygen atoms in total. The number of nitrogens with zero attached hydrogens (tertiary/aromatic N) is 1. The number of carbonyl (C=O) groups excluding carboxylic acids is 1. The summed E-state index contributed by atoms with van der Waals surface area (Å²) in [5, 5.41) is 13.9. The second kappa shape index (κ2) is 43.1. The number of rotatable bonds is 38. The van der Waals surface area contributed by atoms with Crippen molar-refractivity contribution >= 4 is 69.8 Å². The van der Waals surface area contributed by atoms with Crippen molar-refractivity contribution in [2.45, 2.75) is 219 Å². The minimum absolute atomic E-state index is 0. The predicted molar refractivity (Wildman–Crippen MR) is 221 cm³/mol. The number of nitrogens with one attached hydrogen (secondary N) is 1. The van der Waals surface area contributed by atoms with E-state index in [0.29, 0.717) is 12.8 Å². The average molecular weight is 821 g/mol. The molecule has 0 aromatic carbocycles. The van der Waals surface area contributed by atoms with Gasteiger partial charge in [-0.15, -0.1) is 0 Å². The molecule has 0 atom stereocenters. The van der Waals surface area contributed by atoms with Crippen molar-refractivity contribution < 1.29 is 35.8 Å². The molecule has 0 bridgehead atoms. The molecule has 0 aliphatic heterocycles. The number of hydrogen-bond donors (Lipinski definition) is 2. The normalized spacial score (nSPS) is 11.9. The third kappa shape index (κ3) is 56.4. The zero-order valence-electron chi connectivity index (χ0n) is 34.2. The van der Waals surface area contributed by atoms with Crippen molar-refractivity contribution in [2.24, 2.45) is 4.99 Å². The van der Waals surface area contributed by atoms with Gasteiger partial charge in [-0.3, -0.25) is 9.35 Å². The van der Waals surface area contributed by atoms with Gasteiger partial charge in [0.15, 0.2) is 0 Å². The second-order valence-electron chi connectivity index (χ2n) is 14.6. The molecule has 0 spiro atoms. The Morgan fingerprint density at radius 1 is 0.528 bits per heavy atom. The molecule has 2 N–H and O–H groups in total. The minimum atomic E-state index is -4.27. The molecule has 0 aliphatic carbocycles. The summed E-state index contributed by atoms with van der Waals surface area (Å²) in [6.07, 6.45) is 39.3. The molecule has 0 aliphatic rings. The van der Waals surface area contributed by atoms with Gasteiger partial charge in [-0.2, -0.15) is 8.42 Å². The summed E-state index contributed by atoms with van der Waals surface area (Å²) < 4.78 is 60.8. The number of amides is 1. The first-order valence-electron chi connectivity index (χ1n) is 21.3. The van der Waals surface area contributed by atoms with Gasteiger partial charge in [0.25, 0.3) is 10.1 Å². The fourth-order valence-electron chi connectivity index (χ4n) is 6.07. The molecular weight excluding hydrogens is 741 g/mol. The standard InChI is InChI=1S/2C20H41NO4S.Ca/c2*1-2-3-4-5-6-7-8-9-10-11-12-13-14-15-16-17-20(22)21-18-19-26(23,24)25;/h2*2-19H2,1H3,(H,21,22)(H,23,24,25);/q;;+2/p-2. The third-order valence-electron chi connectivity index (χ3n) is 9.31. The first-order chi connectivity index (χ1) is 24.9. The monoisotopic (exact) mass is 820 g/mol. The molecule has 0 rings (SSSR count). The summed E-state index contributed by atoms with van der Waals surface area (Å²) in [7, 11) is -8.25. The molecule has 0 aromatic heterocycles. The van der Waals surface area contributed by atoms with E-state index in [0.717, 1.165) is 38.5 Å². The number of carbonyl (C=O) groups is 1. The largest absolute Gasteiger partial charge is 2.00 e. The molecule has 0 saturated carbocycles. The topological polar surface area (TPSA) is 176 Å². The quantitative estimate of drug-likeness (QED) is 0.0204. The van der Waals surface area contributed by atoms with Gasteiger partial charge < -0.3 is 20.0 Å². The molecule has 53 heavy (non-hydrogen) atoms. The van der Waals surface area contributed by atoms with E-state index in [1.807, 2.05) is 0 Å². The fourth-order valence-corrected chi connectivity index (χ4v) is 6.75. The molecular formula is C40H80CaN2O8S2. The first kappa shape index (κ1) is 57.3. The summed E-state index contributed by atoms with van der Waals surface area (Å²) in [4.78, 5) is 15.1. The maximum atomic E-state index is 11.5. The molecule has 13 heteroatoms. The Labute approximate surface area is 357 Å². The van der Waals surface area contributed by atoms with Gasteiger partial charge >= 0.3 is 37.7 Å². The zero-order chi connectivity index (χ0) is 39.0. The Bertz CT molecular complexity index is 1030. The molecule has 0 aromatic rings. The van der Waals surface area contributed by atoms with Gasteiger partial charge in [0, 0.05) is 13.0 Å². The van der Waals surface area contributed by atoms with Crippen LogP contribution in [0.1, 0.15) is 219 Å². The van der Waals surface area contributed by atoms with Gasteiger partial charge in [0.05, 0.1) is 28.2 Å². The Morgan fingerprint density at radius 2 is 0.830 bits per heavy atom. The van der Waals surface area contributed by atoms with Crippen LogP contribution in [0.4, 0.5) is 0 Å². The van der Waals surface area contributed by atoms with Crippen molar-refractivity contribution in [1.82, 2.24) is 5.32 Å². The van der Waals surface area contributed by atoms with Crippen LogP contribution in [0.2, 0.25) is 0 Å². The van der Waals surface area contributed by atoms with E-state index in [1.54, 1.807) is 0 Å². The van der Waals surface area contributed by atoms with Gasteiger partial charge in [0.1, 0.15) is 0 Å². The van der Waals surface area contributed by atoms with Crippen molar-refractivity contribution in [2.75, 3.05) is 24.6 Å². The van der Waals surface area contributed by atoms with Gasteiger partial charge in [-0.05, 0) is 25.2 Å². The van der Waals surface area contributed by atoms with Crippen LogP contribution in [-0.4, -0.2) is 100 Å². The summed E-state index contributed by atoms with van der Waals surface area (Å²) >= 11 is 0. The number of hydrogen-bond acceptors (Lipinski definition) is 8. The van der Waals surface area contributed by atoms with Crippen molar-refractivity contribution in [3.05, 3.63) is 0 Å². The molecule has 0 unspecified atom stereocenters. The Balaban J connectivity index is -0.000000926. The number of aliphatic imine (C=N–C) groups is 1. The van der Waals surface area contributed by atoms with Crippen LogP contribution in [0.25, 0.3) is 0 Å². The summed E-state index contributed by atoms with van der Waals surface area (Å²) in [5.74, 6) is -1.43. The summed E-state index contributed by atoms with van der Waals surface area (Å²) in [6, 6.07) is 0. The molecule has 0 fully saturated rings. The van der Waals surface area contributed by atoms with E-state index in [4.69, 9.17) is 4.55 Å². The zero-order valence-corrected chi connectivity index (χ0v) is 38.1. The SMILES string of the molecule is CCCCCCCCCCCCCCCCCC(=O)NCCS(=O)(=O)O.CCCCCCCCCCCCCCCCCC([O-])=NCCS(=O)(=O)[O-].[Ca+2]. The van der Waals surface area contributed by atoms with E-state index in [2.05, 4.69) is 24.2 Å². The maximum absolute atomic E-state index is 11.5. The molecule has 1 amide bonds. The fraction of sp³-hybridized carbons (Fsp3) is 0.950. The van der Waals surface area contributed by atoms with Crippen LogP contribution >= 0.6 is 0 Å². The van der Waals surface area contributed by atoms with Gasteiger partial charge in [-0.25, -0.2) is 8.42 Å². The van der Waals surface area contributed by atoms with Crippen LogP contribution < -0.4 is 10.4 Å². The van der Waals surface area contributed by atoms with Gasteiger partial charge in [0.2, 0.25) is 5.91 Å². The van der Waals surface area contributed by atoms with E-state index >= 15 is 0 Å². The van der Waals surface area contributed by atoms with E-state index in [1.165, 1.54) is 154 Å². The minimum Gasteiger partial charge on any atom is -0.862 e. The molecule has 0 heterocycles. The number of unbranched alkanes of at least 4 members (excludes halogenated alkanes) is 28. The molecule has 0 saturated heterocycles. The maximum Gasteiger partial charge on any atom is 2.00 e. The Kier molecular flexibility index (Phi) is 46.7. The van der Waals surface area contributed by atoms with Crippen molar-refractivity contribution in [3.63, 3.8) is 0 Å². The Hall–Kier alpha value is 0.0197. The van der Waals surface area contributed by atoms with E-state index in [9.17, 15) is 31.3 Å². The second-order valence-corrected chi connectivity index (χ2v) is 17.7. The van der Waals surface area contributed by atoms with Crippen LogP contribution in [0.5, 0.6) is 0 Å². The van der Waals surface area contributed by atoms with Crippen LogP contribution in [0.15, 0.2) is 4.99 Å². The van der Waals surface area contributed by atoms with Crippen LogP contribution in [0.3, 0.4) is 0 Å². The van der Waals surface area contributed by atoms with Crippen LogP contribution in [-0.2, 0) is 25.0 Å². The first-order valence-corrected chi connectivity index (χ1v) is 24.5. The van der Waals surface area contributed by atoms with E-state index < -0.39 is 31.7 Å². The van der Waals surface area contributed by atoms with Crippen LogP contribution in [0, 0.1) is 0 Å².